The number of methoxy groups -OCH3 is 1. The van der Waals surface area contributed by atoms with E-state index in [9.17, 15) is 0 Å². The third kappa shape index (κ3) is 2.42. The molecule has 0 aliphatic rings. The van der Waals surface area contributed by atoms with Crippen LogP contribution in [0.4, 0.5) is 0 Å². The van der Waals surface area contributed by atoms with Gasteiger partial charge in [-0.05, 0) is 32.4 Å². The maximum Gasteiger partial charge on any atom is 0.146 e. The lowest BCUT2D eigenvalue weighted by Gasteiger charge is -2.04. The summed E-state index contributed by atoms with van der Waals surface area (Å²) in [5, 5.41) is 4.00. The van der Waals surface area contributed by atoms with Crippen molar-refractivity contribution in [2.45, 2.75) is 0 Å². The second-order valence-electron chi connectivity index (χ2n) is 3.06. The van der Waals surface area contributed by atoms with Crippen LogP contribution in [-0.4, -0.2) is 12.1 Å². The van der Waals surface area contributed by atoms with Crippen molar-refractivity contribution >= 4 is 41.0 Å². The van der Waals surface area contributed by atoms with Crippen LogP contribution in [0.1, 0.15) is 5.56 Å². The zero-order chi connectivity index (χ0) is 11.4. The van der Waals surface area contributed by atoms with Crippen LogP contribution >= 0.6 is 30.1 Å². The van der Waals surface area contributed by atoms with E-state index in [0.29, 0.717) is 0 Å². The summed E-state index contributed by atoms with van der Waals surface area (Å²) in [4.78, 5) is 4.29. The second-order valence-corrected chi connectivity index (χ2v) is 4.74. The molecule has 4 heteroatoms. The number of hydrogen-bond acceptors (Lipinski definition) is 3. The molecule has 0 amide bonds. The average molecular weight is 341 g/mol. The minimum atomic E-state index is 0.765. The van der Waals surface area contributed by atoms with Gasteiger partial charge in [0.15, 0.2) is 0 Å². The zero-order valence-electron chi connectivity index (χ0n) is 8.53. The number of benzene rings is 1. The standard InChI is InChI=1S/C12H8INOS/c1-15-11-8-9(4-6-16-13)7-10-3-2-5-14-12(10)11/h2-3,5,7-8H,1H3. The monoisotopic (exact) mass is 341 g/mol. The van der Waals surface area contributed by atoms with Crippen LogP contribution in [0.15, 0.2) is 30.5 Å². The van der Waals surface area contributed by atoms with Crippen LogP contribution in [-0.2, 0) is 0 Å². The topological polar surface area (TPSA) is 22.1 Å². The Hall–Kier alpha value is -0.930. The molecule has 0 saturated carbocycles. The van der Waals surface area contributed by atoms with Crippen molar-refractivity contribution in [3.8, 4) is 16.9 Å². The number of aromatic nitrogens is 1. The van der Waals surface area contributed by atoms with Crippen LogP contribution < -0.4 is 4.74 Å². The maximum absolute atomic E-state index is 5.31. The van der Waals surface area contributed by atoms with Gasteiger partial charge in [-0.1, -0.05) is 12.0 Å². The molecule has 2 nitrogen and oxygen atoms in total. The van der Waals surface area contributed by atoms with Gasteiger partial charge in [0.05, 0.1) is 7.11 Å². The average Bonchev–Trinajstić information content (AvgIpc) is 2.35. The number of fused-ring (bicyclic) bond motifs is 1. The molecule has 2 aromatic rings. The van der Waals surface area contributed by atoms with Crippen LogP contribution in [0.2, 0.25) is 0 Å². The molecule has 16 heavy (non-hydrogen) atoms. The van der Waals surface area contributed by atoms with Gasteiger partial charge in [-0.3, -0.25) is 4.98 Å². The molecule has 0 spiro atoms. The van der Waals surface area contributed by atoms with Gasteiger partial charge in [0.2, 0.25) is 0 Å². The molecule has 1 aromatic heterocycles. The third-order valence-corrected chi connectivity index (χ3v) is 2.96. The lowest BCUT2D eigenvalue weighted by Crippen LogP contribution is -1.88. The summed E-state index contributed by atoms with van der Waals surface area (Å²) < 4.78 is 5.31. The Labute approximate surface area is 110 Å². The molecule has 0 aliphatic heterocycles. The van der Waals surface area contributed by atoms with Crippen LogP contribution in [0.25, 0.3) is 10.9 Å². The van der Waals surface area contributed by atoms with Gasteiger partial charge in [0, 0.05) is 38.4 Å². The smallest absolute Gasteiger partial charge is 0.146 e. The number of rotatable bonds is 1. The van der Waals surface area contributed by atoms with E-state index in [4.69, 9.17) is 4.74 Å². The first-order valence-corrected chi connectivity index (χ1v) is 7.92. The van der Waals surface area contributed by atoms with Gasteiger partial charge in [-0.2, -0.15) is 0 Å². The Morgan fingerprint density at radius 3 is 3.06 bits per heavy atom. The maximum atomic E-state index is 5.31. The molecule has 1 heterocycles. The molecule has 2 rings (SSSR count). The zero-order valence-corrected chi connectivity index (χ0v) is 11.5. The van der Waals surface area contributed by atoms with E-state index >= 15 is 0 Å². The van der Waals surface area contributed by atoms with Crippen LogP contribution in [0, 0.1) is 11.2 Å². The first-order valence-electron chi connectivity index (χ1n) is 4.56. The van der Waals surface area contributed by atoms with E-state index in [-0.39, 0.29) is 0 Å². The first-order chi connectivity index (χ1) is 7.85. The Balaban J connectivity index is 2.63. The molecule has 0 saturated heterocycles. The van der Waals surface area contributed by atoms with E-state index in [1.54, 1.807) is 13.3 Å². The minimum Gasteiger partial charge on any atom is -0.494 e. The van der Waals surface area contributed by atoms with Gasteiger partial charge in [-0.15, -0.1) is 0 Å². The Morgan fingerprint density at radius 1 is 1.44 bits per heavy atom. The molecular formula is C12H8INOS. The molecule has 0 N–H and O–H groups in total. The SMILES string of the molecule is COc1cc(C#CSI)cc2cccnc12. The normalized spacial score (nSPS) is 9.62. The van der Waals surface area contributed by atoms with Gasteiger partial charge in [0.1, 0.15) is 11.3 Å². The Bertz CT molecular complexity index is 574. The van der Waals surface area contributed by atoms with Crippen molar-refractivity contribution in [1.82, 2.24) is 4.98 Å². The molecule has 0 aliphatic carbocycles. The fraction of sp³-hybridized carbons (Fsp3) is 0.0833. The second kappa shape index (κ2) is 5.41. The van der Waals surface area contributed by atoms with Crippen molar-refractivity contribution < 1.29 is 4.74 Å². The van der Waals surface area contributed by atoms with E-state index in [0.717, 1.165) is 22.2 Å². The third-order valence-electron chi connectivity index (χ3n) is 2.12. The van der Waals surface area contributed by atoms with E-state index < -0.39 is 0 Å². The highest BCUT2D eigenvalue weighted by Crippen LogP contribution is 2.25. The molecule has 0 atom stereocenters. The largest absolute Gasteiger partial charge is 0.494 e. The predicted octanol–water partition coefficient (Wildman–Crippen LogP) is 3.64. The minimum absolute atomic E-state index is 0.765. The lowest BCUT2D eigenvalue weighted by molar-refractivity contribution is 0.419. The van der Waals surface area contributed by atoms with Gasteiger partial charge < -0.3 is 4.74 Å². The fourth-order valence-electron chi connectivity index (χ4n) is 1.46. The number of halogens is 1. The van der Waals surface area contributed by atoms with Crippen molar-refractivity contribution in [2.24, 2.45) is 0 Å². The summed E-state index contributed by atoms with van der Waals surface area (Å²) in [5.74, 6) is 3.82. The Kier molecular flexibility index (Phi) is 3.91. The number of pyridine rings is 1. The summed E-state index contributed by atoms with van der Waals surface area (Å²) in [6.07, 6.45) is 1.76. The van der Waals surface area contributed by atoms with Crippen molar-refractivity contribution in [3.63, 3.8) is 0 Å². The van der Waals surface area contributed by atoms with Crippen LogP contribution in [0.5, 0.6) is 5.75 Å². The van der Waals surface area contributed by atoms with Crippen molar-refractivity contribution in [3.05, 3.63) is 36.0 Å². The molecule has 1 aromatic carbocycles. The van der Waals surface area contributed by atoms with Gasteiger partial charge in [-0.25, -0.2) is 0 Å². The quantitative estimate of drug-likeness (QED) is 0.584. The summed E-state index contributed by atoms with van der Waals surface area (Å²) >= 11 is 2.15. The summed E-state index contributed by atoms with van der Waals surface area (Å²) in [5.41, 5.74) is 1.82. The summed E-state index contributed by atoms with van der Waals surface area (Å²) in [7, 11) is 3.11. The van der Waals surface area contributed by atoms with Crippen molar-refractivity contribution in [2.75, 3.05) is 7.11 Å². The number of nitrogens with zero attached hydrogens (tertiary/aromatic N) is 1. The number of hydrogen-bond donors (Lipinski definition) is 0. The molecular weight excluding hydrogens is 333 g/mol. The van der Waals surface area contributed by atoms with E-state index in [2.05, 4.69) is 37.4 Å². The highest BCUT2D eigenvalue weighted by Gasteiger charge is 2.03. The highest BCUT2D eigenvalue weighted by atomic mass is 127. The van der Waals surface area contributed by atoms with Crippen molar-refractivity contribution in [1.29, 1.82) is 0 Å². The Morgan fingerprint density at radius 2 is 2.31 bits per heavy atom. The molecule has 0 unspecified atom stereocenters. The van der Waals surface area contributed by atoms with Gasteiger partial charge >= 0.3 is 0 Å². The fourth-order valence-corrected chi connectivity index (χ4v) is 1.95. The summed E-state index contributed by atoms with van der Waals surface area (Å²) in [6, 6.07) is 7.85. The first kappa shape index (κ1) is 11.6. The molecule has 0 bridgehead atoms. The molecule has 80 valence electrons. The number of ether oxygens (including phenoxy) is 1. The van der Waals surface area contributed by atoms with E-state index in [1.807, 2.05) is 24.3 Å². The highest BCUT2D eigenvalue weighted by molar-refractivity contribution is 14.2. The van der Waals surface area contributed by atoms with Crippen LogP contribution in [0.3, 0.4) is 0 Å². The molecule has 0 radical (unpaired) electrons. The van der Waals surface area contributed by atoms with E-state index in [1.165, 1.54) is 8.93 Å². The summed E-state index contributed by atoms with van der Waals surface area (Å²) in [6.45, 7) is 0. The lowest BCUT2D eigenvalue weighted by atomic mass is 10.1. The van der Waals surface area contributed by atoms with Gasteiger partial charge in [0.25, 0.3) is 0 Å². The molecule has 0 fully saturated rings. The predicted molar refractivity (Wildman–Crippen MR) is 76.8 cm³/mol.